The van der Waals surface area contributed by atoms with E-state index in [4.69, 9.17) is 9.47 Å². The fraction of sp³-hybridized carbons (Fsp3) is 0.200. The highest BCUT2D eigenvalue weighted by Gasteiger charge is 2.04. The minimum Gasteiger partial charge on any atom is -0.497 e. The minimum atomic E-state index is -0.0443. The smallest absolute Gasteiger partial charge is 0.125 e. The van der Waals surface area contributed by atoms with E-state index in [0.717, 1.165) is 21.3 Å². The Bertz CT molecular complexity index is 538. The van der Waals surface area contributed by atoms with Crippen LogP contribution in [0.4, 0.5) is 0 Å². The first-order valence-corrected chi connectivity index (χ1v) is 6.67. The first-order valence-electron chi connectivity index (χ1n) is 5.88. The number of hydrogen-bond acceptors (Lipinski definition) is 3. The van der Waals surface area contributed by atoms with E-state index < -0.39 is 0 Å². The van der Waals surface area contributed by atoms with Gasteiger partial charge in [-0.15, -0.1) is 0 Å². The van der Waals surface area contributed by atoms with E-state index in [2.05, 4.69) is 15.9 Å². The van der Waals surface area contributed by atoms with Crippen LogP contribution in [-0.2, 0) is 13.2 Å². The normalized spacial score (nSPS) is 10.3. The predicted octanol–water partition coefficient (Wildman–Crippen LogP) is 3.53. The molecule has 0 aliphatic carbocycles. The fourth-order valence-electron chi connectivity index (χ4n) is 1.70. The van der Waals surface area contributed by atoms with Crippen molar-refractivity contribution in [2.45, 2.75) is 13.2 Å². The second-order valence-electron chi connectivity index (χ2n) is 4.05. The fourth-order valence-corrected chi connectivity index (χ4v) is 2.10. The van der Waals surface area contributed by atoms with E-state index in [9.17, 15) is 5.11 Å². The topological polar surface area (TPSA) is 38.7 Å². The first-order chi connectivity index (χ1) is 9.22. The molecule has 0 heterocycles. The molecular weight excluding hydrogens is 308 g/mol. The van der Waals surface area contributed by atoms with E-state index in [0.29, 0.717) is 12.4 Å². The minimum absolute atomic E-state index is 0.0443. The summed E-state index contributed by atoms with van der Waals surface area (Å²) in [6.07, 6.45) is 0. The van der Waals surface area contributed by atoms with Crippen LogP contribution in [0.2, 0.25) is 0 Å². The van der Waals surface area contributed by atoms with E-state index >= 15 is 0 Å². The van der Waals surface area contributed by atoms with Crippen LogP contribution < -0.4 is 9.47 Å². The zero-order valence-electron chi connectivity index (χ0n) is 10.6. The van der Waals surface area contributed by atoms with Crippen molar-refractivity contribution in [2.75, 3.05) is 7.11 Å². The average molecular weight is 323 g/mol. The van der Waals surface area contributed by atoms with Gasteiger partial charge in [0, 0.05) is 10.0 Å². The van der Waals surface area contributed by atoms with Gasteiger partial charge in [0.2, 0.25) is 0 Å². The first kappa shape index (κ1) is 13.9. The highest BCUT2D eigenvalue weighted by atomic mass is 79.9. The SMILES string of the molecule is COc1ccc(COc2ccc(Br)cc2CO)cc1. The number of aliphatic hydroxyl groups is 1. The number of hydrogen-bond donors (Lipinski definition) is 1. The zero-order chi connectivity index (χ0) is 13.7. The second kappa shape index (κ2) is 6.59. The molecule has 0 aromatic heterocycles. The monoisotopic (exact) mass is 322 g/mol. The summed E-state index contributed by atoms with van der Waals surface area (Å²) >= 11 is 3.37. The van der Waals surface area contributed by atoms with Crippen LogP contribution in [0.1, 0.15) is 11.1 Å². The summed E-state index contributed by atoms with van der Waals surface area (Å²) < 4.78 is 11.7. The number of rotatable bonds is 5. The van der Waals surface area contributed by atoms with Crippen molar-refractivity contribution >= 4 is 15.9 Å². The maximum atomic E-state index is 9.29. The van der Waals surface area contributed by atoms with Crippen LogP contribution in [0.15, 0.2) is 46.9 Å². The third-order valence-electron chi connectivity index (χ3n) is 2.75. The lowest BCUT2D eigenvalue weighted by Gasteiger charge is -2.11. The molecular formula is C15H15BrO3. The van der Waals surface area contributed by atoms with Crippen LogP contribution in [-0.4, -0.2) is 12.2 Å². The van der Waals surface area contributed by atoms with Gasteiger partial charge < -0.3 is 14.6 Å². The van der Waals surface area contributed by atoms with Gasteiger partial charge in [-0.05, 0) is 35.9 Å². The Morgan fingerprint density at radius 2 is 1.84 bits per heavy atom. The van der Waals surface area contributed by atoms with Crippen molar-refractivity contribution < 1.29 is 14.6 Å². The van der Waals surface area contributed by atoms with Gasteiger partial charge in [0.05, 0.1) is 13.7 Å². The van der Waals surface area contributed by atoms with Gasteiger partial charge in [0.25, 0.3) is 0 Å². The van der Waals surface area contributed by atoms with Gasteiger partial charge in [-0.2, -0.15) is 0 Å². The van der Waals surface area contributed by atoms with E-state index in [1.54, 1.807) is 7.11 Å². The van der Waals surface area contributed by atoms with Crippen LogP contribution in [0, 0.1) is 0 Å². The molecule has 0 saturated heterocycles. The van der Waals surface area contributed by atoms with Crippen molar-refractivity contribution in [2.24, 2.45) is 0 Å². The molecule has 0 fully saturated rings. The van der Waals surface area contributed by atoms with E-state index in [1.807, 2.05) is 42.5 Å². The van der Waals surface area contributed by atoms with Gasteiger partial charge >= 0.3 is 0 Å². The number of methoxy groups -OCH3 is 1. The van der Waals surface area contributed by atoms with Gasteiger partial charge in [0.1, 0.15) is 18.1 Å². The van der Waals surface area contributed by atoms with Crippen LogP contribution in [0.5, 0.6) is 11.5 Å². The van der Waals surface area contributed by atoms with Gasteiger partial charge in [0.15, 0.2) is 0 Å². The van der Waals surface area contributed by atoms with Crippen molar-refractivity contribution in [3.05, 3.63) is 58.1 Å². The molecule has 0 amide bonds. The quantitative estimate of drug-likeness (QED) is 0.915. The molecule has 1 N–H and O–H groups in total. The molecule has 2 aromatic carbocycles. The highest BCUT2D eigenvalue weighted by Crippen LogP contribution is 2.24. The van der Waals surface area contributed by atoms with Crippen molar-refractivity contribution in [1.82, 2.24) is 0 Å². The molecule has 0 atom stereocenters. The molecule has 2 rings (SSSR count). The maximum Gasteiger partial charge on any atom is 0.125 e. The third kappa shape index (κ3) is 3.72. The van der Waals surface area contributed by atoms with Crippen molar-refractivity contribution in [1.29, 1.82) is 0 Å². The predicted molar refractivity (Wildman–Crippen MR) is 77.4 cm³/mol. The molecule has 0 radical (unpaired) electrons. The average Bonchev–Trinajstić information content (AvgIpc) is 2.46. The number of benzene rings is 2. The standard InChI is InChI=1S/C15H15BrO3/c1-18-14-5-2-11(3-6-14)10-19-15-7-4-13(16)8-12(15)9-17/h2-8,17H,9-10H2,1H3. The van der Waals surface area contributed by atoms with E-state index in [1.165, 1.54) is 0 Å². The summed E-state index contributed by atoms with van der Waals surface area (Å²) in [6, 6.07) is 13.3. The summed E-state index contributed by atoms with van der Waals surface area (Å²) in [5.74, 6) is 1.52. The molecule has 0 aliphatic rings. The molecule has 0 unspecified atom stereocenters. The molecule has 0 aliphatic heterocycles. The number of aliphatic hydroxyl groups excluding tert-OH is 1. The van der Waals surface area contributed by atoms with Gasteiger partial charge in [-0.3, -0.25) is 0 Å². The van der Waals surface area contributed by atoms with Crippen LogP contribution >= 0.6 is 15.9 Å². The maximum absolute atomic E-state index is 9.29. The lowest BCUT2D eigenvalue weighted by molar-refractivity contribution is 0.259. The molecule has 0 spiro atoms. The molecule has 4 heteroatoms. The Morgan fingerprint density at radius 1 is 1.11 bits per heavy atom. The molecule has 0 bridgehead atoms. The third-order valence-corrected chi connectivity index (χ3v) is 3.24. The second-order valence-corrected chi connectivity index (χ2v) is 4.96. The molecule has 0 saturated carbocycles. The molecule has 100 valence electrons. The summed E-state index contributed by atoms with van der Waals surface area (Å²) in [6.45, 7) is 0.413. The number of ether oxygens (including phenoxy) is 2. The lowest BCUT2D eigenvalue weighted by Crippen LogP contribution is -1.99. The Hall–Kier alpha value is -1.52. The molecule has 3 nitrogen and oxygen atoms in total. The van der Waals surface area contributed by atoms with Gasteiger partial charge in [-0.1, -0.05) is 28.1 Å². The highest BCUT2D eigenvalue weighted by molar-refractivity contribution is 9.10. The largest absolute Gasteiger partial charge is 0.497 e. The van der Waals surface area contributed by atoms with Gasteiger partial charge in [-0.25, -0.2) is 0 Å². The lowest BCUT2D eigenvalue weighted by atomic mass is 10.2. The Morgan fingerprint density at radius 3 is 2.47 bits per heavy atom. The number of halogens is 1. The Labute approximate surface area is 120 Å². The molecule has 2 aromatic rings. The molecule has 19 heavy (non-hydrogen) atoms. The summed E-state index contributed by atoms with van der Waals surface area (Å²) in [5, 5.41) is 9.29. The zero-order valence-corrected chi connectivity index (χ0v) is 12.2. The summed E-state index contributed by atoms with van der Waals surface area (Å²) in [5.41, 5.74) is 1.82. The van der Waals surface area contributed by atoms with Crippen molar-refractivity contribution in [3.63, 3.8) is 0 Å². The van der Waals surface area contributed by atoms with Crippen molar-refractivity contribution in [3.8, 4) is 11.5 Å². The Kier molecular flexibility index (Phi) is 4.82. The van der Waals surface area contributed by atoms with Crippen LogP contribution in [0.3, 0.4) is 0 Å². The summed E-state index contributed by atoms with van der Waals surface area (Å²) in [7, 11) is 1.64. The Balaban J connectivity index is 2.05. The van der Waals surface area contributed by atoms with Crippen LogP contribution in [0.25, 0.3) is 0 Å². The summed E-state index contributed by atoms with van der Waals surface area (Å²) in [4.78, 5) is 0. The van der Waals surface area contributed by atoms with E-state index in [-0.39, 0.29) is 6.61 Å².